The predicted molar refractivity (Wildman–Crippen MR) is 130 cm³/mol. The molecule has 1 amide bonds. The molecule has 6 nitrogen and oxygen atoms in total. The zero-order valence-corrected chi connectivity index (χ0v) is 20.2. The predicted octanol–water partition coefficient (Wildman–Crippen LogP) is 5.58. The summed E-state index contributed by atoms with van der Waals surface area (Å²) in [5.74, 6) is -0.628. The van der Waals surface area contributed by atoms with Gasteiger partial charge in [-0.2, -0.15) is 18.3 Å². The van der Waals surface area contributed by atoms with E-state index in [1.54, 1.807) is 6.92 Å². The lowest BCUT2D eigenvalue weighted by atomic mass is 10.00. The summed E-state index contributed by atoms with van der Waals surface area (Å²) in [6, 6.07) is 19.8. The van der Waals surface area contributed by atoms with Gasteiger partial charge in [0.15, 0.2) is 15.5 Å². The molecule has 0 aliphatic carbocycles. The molecule has 0 saturated carbocycles. The second-order valence-corrected chi connectivity index (χ2v) is 10.3. The Hall–Kier alpha value is -3.92. The van der Waals surface area contributed by atoms with Crippen molar-refractivity contribution >= 4 is 21.4 Å². The molecule has 0 bridgehead atoms. The van der Waals surface area contributed by atoms with Gasteiger partial charge in [-0.25, -0.2) is 8.42 Å². The number of anilines is 1. The number of carbonyl (C=O) groups excluding carboxylic acids is 1. The highest BCUT2D eigenvalue weighted by Gasteiger charge is 2.35. The fraction of sp³-hybridized carbons (Fsp3) is 0.154. The first-order valence-corrected chi connectivity index (χ1v) is 12.7. The number of alkyl halides is 3. The van der Waals surface area contributed by atoms with Crippen LogP contribution in [0.3, 0.4) is 0 Å². The molecule has 0 aliphatic rings. The number of benzene rings is 3. The van der Waals surface area contributed by atoms with Crippen LogP contribution < -0.4 is 5.32 Å². The van der Waals surface area contributed by atoms with Crippen LogP contribution in [-0.2, 0) is 22.6 Å². The molecular formula is C26H22F3N3O3S. The monoisotopic (exact) mass is 513 g/mol. The molecule has 0 atom stereocenters. The van der Waals surface area contributed by atoms with Gasteiger partial charge in [0.2, 0.25) is 0 Å². The van der Waals surface area contributed by atoms with Gasteiger partial charge in [-0.1, -0.05) is 48.5 Å². The fourth-order valence-corrected chi connectivity index (χ4v) is 4.52. The summed E-state index contributed by atoms with van der Waals surface area (Å²) in [6.45, 7) is 1.71. The zero-order chi connectivity index (χ0) is 26.1. The summed E-state index contributed by atoms with van der Waals surface area (Å²) in [4.78, 5) is 13.2. The van der Waals surface area contributed by atoms with E-state index in [0.717, 1.165) is 17.9 Å². The Balaban J connectivity index is 1.78. The largest absolute Gasteiger partial charge is 0.417 e. The van der Waals surface area contributed by atoms with E-state index in [2.05, 4.69) is 10.4 Å². The van der Waals surface area contributed by atoms with Crippen LogP contribution in [0.2, 0.25) is 0 Å². The van der Waals surface area contributed by atoms with Crippen LogP contribution in [-0.4, -0.2) is 30.4 Å². The van der Waals surface area contributed by atoms with Gasteiger partial charge in [-0.05, 0) is 42.8 Å². The van der Waals surface area contributed by atoms with E-state index in [0.29, 0.717) is 5.69 Å². The summed E-state index contributed by atoms with van der Waals surface area (Å²) in [6.07, 6.45) is -3.53. The van der Waals surface area contributed by atoms with Gasteiger partial charge in [0.1, 0.15) is 0 Å². The number of carbonyl (C=O) groups is 1. The lowest BCUT2D eigenvalue weighted by Gasteiger charge is -2.15. The molecule has 0 fully saturated rings. The number of sulfone groups is 1. The molecule has 0 spiro atoms. The Morgan fingerprint density at radius 1 is 0.944 bits per heavy atom. The van der Waals surface area contributed by atoms with E-state index in [9.17, 15) is 26.4 Å². The lowest BCUT2D eigenvalue weighted by molar-refractivity contribution is -0.137. The van der Waals surface area contributed by atoms with Crippen LogP contribution >= 0.6 is 0 Å². The maximum absolute atomic E-state index is 13.8. The molecule has 0 saturated heterocycles. The van der Waals surface area contributed by atoms with Gasteiger partial charge in [-0.3, -0.25) is 9.48 Å². The van der Waals surface area contributed by atoms with E-state index in [4.69, 9.17) is 0 Å². The number of nitrogens with one attached hydrogen (secondary N) is 1. The van der Waals surface area contributed by atoms with Crippen molar-refractivity contribution in [3.63, 3.8) is 0 Å². The Morgan fingerprint density at radius 3 is 2.17 bits per heavy atom. The Morgan fingerprint density at radius 2 is 1.56 bits per heavy atom. The van der Waals surface area contributed by atoms with Crippen LogP contribution in [0, 0.1) is 6.92 Å². The van der Waals surface area contributed by atoms with Crippen molar-refractivity contribution in [1.82, 2.24) is 9.78 Å². The number of aromatic nitrogens is 2. The van der Waals surface area contributed by atoms with E-state index in [1.165, 1.54) is 47.1 Å². The highest BCUT2D eigenvalue weighted by molar-refractivity contribution is 7.90. The van der Waals surface area contributed by atoms with Gasteiger partial charge < -0.3 is 5.32 Å². The van der Waals surface area contributed by atoms with Gasteiger partial charge in [0, 0.05) is 23.1 Å². The third-order valence-electron chi connectivity index (χ3n) is 5.61. The van der Waals surface area contributed by atoms with E-state index in [1.807, 2.05) is 30.3 Å². The number of hydrogen-bond acceptors (Lipinski definition) is 4. The summed E-state index contributed by atoms with van der Waals surface area (Å²) in [7, 11) is -3.41. The van der Waals surface area contributed by atoms with Gasteiger partial charge >= 0.3 is 6.18 Å². The van der Waals surface area contributed by atoms with E-state index in [-0.39, 0.29) is 34.0 Å². The highest BCUT2D eigenvalue weighted by Crippen LogP contribution is 2.39. The average Bonchev–Trinajstić information content (AvgIpc) is 3.14. The topological polar surface area (TPSA) is 81.1 Å². The standard InChI is InChI=1S/C26H22F3N3O3S/c1-17-23(25(33)30-19-12-14-20(15-13-19)36(2,34)35)31-32(16-18-8-4-3-5-9-18)24(17)21-10-6-7-11-22(21)26(27,28)29/h3-15H,16H2,1-2H3,(H,30,33). The normalized spacial score (nSPS) is 11.9. The SMILES string of the molecule is Cc1c(C(=O)Nc2ccc(S(C)(=O)=O)cc2)nn(Cc2ccccc2)c1-c1ccccc1C(F)(F)F. The minimum Gasteiger partial charge on any atom is -0.321 e. The van der Waals surface area contributed by atoms with Crippen molar-refractivity contribution in [2.75, 3.05) is 11.6 Å². The van der Waals surface area contributed by atoms with Gasteiger partial charge in [-0.15, -0.1) is 0 Å². The summed E-state index contributed by atoms with van der Waals surface area (Å²) in [5.41, 5.74) is 0.645. The lowest BCUT2D eigenvalue weighted by Crippen LogP contribution is -2.14. The smallest absolute Gasteiger partial charge is 0.321 e. The minimum absolute atomic E-state index is 0.0369. The molecule has 36 heavy (non-hydrogen) atoms. The molecule has 186 valence electrons. The molecule has 3 aromatic carbocycles. The molecule has 0 aliphatic heterocycles. The molecule has 0 unspecified atom stereocenters. The van der Waals surface area contributed by atoms with Crippen molar-refractivity contribution in [3.8, 4) is 11.3 Å². The van der Waals surface area contributed by atoms with Crippen molar-refractivity contribution in [2.45, 2.75) is 24.5 Å². The van der Waals surface area contributed by atoms with Crippen LogP contribution in [0.4, 0.5) is 18.9 Å². The summed E-state index contributed by atoms with van der Waals surface area (Å²) < 4.78 is 66.3. The molecule has 1 heterocycles. The maximum Gasteiger partial charge on any atom is 0.417 e. The van der Waals surface area contributed by atoms with E-state index >= 15 is 0 Å². The maximum atomic E-state index is 13.8. The van der Waals surface area contributed by atoms with Crippen LogP contribution in [0.1, 0.15) is 27.2 Å². The number of amides is 1. The first-order chi connectivity index (χ1) is 16.9. The average molecular weight is 514 g/mol. The number of rotatable bonds is 6. The Labute approximate surface area is 206 Å². The molecule has 1 N–H and O–H groups in total. The second-order valence-electron chi connectivity index (χ2n) is 8.26. The number of hydrogen-bond donors (Lipinski definition) is 1. The first kappa shape index (κ1) is 25.2. The molecule has 1 aromatic heterocycles. The molecule has 4 rings (SSSR count). The van der Waals surface area contributed by atoms with Crippen molar-refractivity contribution in [3.05, 3.63) is 101 Å². The number of halogens is 3. The Kier molecular flexibility index (Phi) is 6.73. The number of nitrogens with zero attached hydrogens (tertiary/aromatic N) is 2. The van der Waals surface area contributed by atoms with Crippen molar-refractivity contribution in [2.24, 2.45) is 0 Å². The second kappa shape index (κ2) is 9.62. The molecule has 0 radical (unpaired) electrons. The van der Waals surface area contributed by atoms with Crippen molar-refractivity contribution in [1.29, 1.82) is 0 Å². The van der Waals surface area contributed by atoms with E-state index < -0.39 is 27.5 Å². The van der Waals surface area contributed by atoms with Crippen molar-refractivity contribution < 1.29 is 26.4 Å². The Bertz CT molecular complexity index is 1510. The minimum atomic E-state index is -4.60. The quantitative estimate of drug-likeness (QED) is 0.365. The zero-order valence-electron chi connectivity index (χ0n) is 19.4. The van der Waals surface area contributed by atoms with Gasteiger partial charge in [0.05, 0.1) is 22.7 Å². The summed E-state index contributed by atoms with van der Waals surface area (Å²) >= 11 is 0. The fourth-order valence-electron chi connectivity index (χ4n) is 3.89. The first-order valence-electron chi connectivity index (χ1n) is 10.8. The highest BCUT2D eigenvalue weighted by atomic mass is 32.2. The summed E-state index contributed by atoms with van der Waals surface area (Å²) in [5, 5.41) is 7.05. The van der Waals surface area contributed by atoms with Crippen LogP contribution in [0.25, 0.3) is 11.3 Å². The third kappa shape index (κ3) is 5.33. The van der Waals surface area contributed by atoms with Crippen LogP contribution in [0.5, 0.6) is 0 Å². The molecule has 4 aromatic rings. The van der Waals surface area contributed by atoms with Gasteiger partial charge in [0.25, 0.3) is 5.91 Å². The molecular weight excluding hydrogens is 491 g/mol. The third-order valence-corrected chi connectivity index (χ3v) is 6.74. The molecule has 10 heteroatoms. The van der Waals surface area contributed by atoms with Crippen LogP contribution in [0.15, 0.2) is 83.8 Å².